The Morgan fingerprint density at radius 1 is 1.09 bits per heavy atom. The molecule has 1 aromatic heterocycles. The Morgan fingerprint density at radius 3 is 2.32 bits per heavy atom. The van der Waals surface area contributed by atoms with E-state index in [0.29, 0.717) is 12.2 Å². The summed E-state index contributed by atoms with van der Waals surface area (Å²) in [6.07, 6.45) is 3.84. The Kier molecular flexibility index (Phi) is 6.88. The standard InChI is InChI=1S/C15H24N2O5/c1-5-6-7-8-9-17-11(10-12(18)21-3)13(14(19)22-4)16(2)15(17)20/h5-10H2,1-4H3. The van der Waals surface area contributed by atoms with Gasteiger partial charge in [-0.3, -0.25) is 13.9 Å². The summed E-state index contributed by atoms with van der Waals surface area (Å²) in [5.74, 6) is -1.14. The summed E-state index contributed by atoms with van der Waals surface area (Å²) < 4.78 is 12.1. The van der Waals surface area contributed by atoms with E-state index >= 15 is 0 Å². The summed E-state index contributed by atoms with van der Waals surface area (Å²) in [7, 11) is 4.01. The predicted molar refractivity (Wildman–Crippen MR) is 80.9 cm³/mol. The van der Waals surface area contributed by atoms with Gasteiger partial charge in [-0.25, -0.2) is 9.59 Å². The third-order valence-electron chi connectivity index (χ3n) is 3.61. The van der Waals surface area contributed by atoms with Gasteiger partial charge in [-0.2, -0.15) is 0 Å². The van der Waals surface area contributed by atoms with Crippen LogP contribution in [-0.2, 0) is 34.3 Å². The van der Waals surface area contributed by atoms with E-state index in [-0.39, 0.29) is 17.8 Å². The average molecular weight is 312 g/mol. The molecule has 0 spiro atoms. The van der Waals surface area contributed by atoms with E-state index in [1.54, 1.807) is 0 Å². The van der Waals surface area contributed by atoms with Gasteiger partial charge in [0.25, 0.3) is 0 Å². The molecule has 1 aromatic rings. The average Bonchev–Trinajstić information content (AvgIpc) is 2.74. The topological polar surface area (TPSA) is 79.5 Å². The number of unbranched alkanes of at least 4 members (excludes halogenated alkanes) is 3. The highest BCUT2D eigenvalue weighted by molar-refractivity contribution is 5.90. The van der Waals surface area contributed by atoms with Crippen molar-refractivity contribution in [1.29, 1.82) is 0 Å². The summed E-state index contributed by atoms with van der Waals surface area (Å²) in [5.41, 5.74) is 0.131. The quantitative estimate of drug-likeness (QED) is 0.533. The van der Waals surface area contributed by atoms with Crippen LogP contribution in [0, 0.1) is 0 Å². The maximum absolute atomic E-state index is 12.3. The summed E-state index contributed by atoms with van der Waals surface area (Å²) in [6.45, 7) is 2.57. The van der Waals surface area contributed by atoms with Crippen LogP contribution in [0.15, 0.2) is 4.79 Å². The molecule has 1 rings (SSSR count). The molecule has 22 heavy (non-hydrogen) atoms. The minimum atomic E-state index is -0.634. The van der Waals surface area contributed by atoms with Crippen LogP contribution >= 0.6 is 0 Å². The van der Waals surface area contributed by atoms with Gasteiger partial charge in [0.05, 0.1) is 26.3 Å². The van der Waals surface area contributed by atoms with Gasteiger partial charge in [0.1, 0.15) is 0 Å². The molecular weight excluding hydrogens is 288 g/mol. The monoisotopic (exact) mass is 312 g/mol. The lowest BCUT2D eigenvalue weighted by molar-refractivity contribution is -0.139. The lowest BCUT2D eigenvalue weighted by Crippen LogP contribution is -2.24. The maximum Gasteiger partial charge on any atom is 0.356 e. The fourth-order valence-electron chi connectivity index (χ4n) is 2.38. The fourth-order valence-corrected chi connectivity index (χ4v) is 2.38. The number of ether oxygens (including phenoxy) is 2. The number of esters is 2. The molecule has 0 fully saturated rings. The van der Waals surface area contributed by atoms with Gasteiger partial charge in [0.2, 0.25) is 0 Å². The van der Waals surface area contributed by atoms with E-state index in [4.69, 9.17) is 4.74 Å². The van der Waals surface area contributed by atoms with E-state index in [1.165, 1.54) is 30.4 Å². The highest BCUT2D eigenvalue weighted by atomic mass is 16.5. The number of carbonyl (C=O) groups is 2. The van der Waals surface area contributed by atoms with Gasteiger partial charge in [0.15, 0.2) is 5.69 Å². The molecule has 0 aliphatic heterocycles. The molecule has 0 unspecified atom stereocenters. The van der Waals surface area contributed by atoms with Crippen LogP contribution in [0.3, 0.4) is 0 Å². The molecule has 0 aromatic carbocycles. The van der Waals surface area contributed by atoms with Crippen molar-refractivity contribution in [1.82, 2.24) is 9.13 Å². The SMILES string of the molecule is CCCCCCn1c(CC(=O)OC)c(C(=O)OC)n(C)c1=O. The maximum atomic E-state index is 12.3. The molecule has 1 heterocycles. The predicted octanol–water partition coefficient (Wildman–Crippen LogP) is 1.27. The van der Waals surface area contributed by atoms with Gasteiger partial charge in [-0.05, 0) is 6.42 Å². The van der Waals surface area contributed by atoms with Crippen LogP contribution in [0.1, 0.15) is 48.8 Å². The van der Waals surface area contributed by atoms with Crippen molar-refractivity contribution in [3.05, 3.63) is 21.9 Å². The third-order valence-corrected chi connectivity index (χ3v) is 3.61. The number of aromatic nitrogens is 2. The molecule has 7 nitrogen and oxygen atoms in total. The number of carbonyl (C=O) groups excluding carboxylic acids is 2. The van der Waals surface area contributed by atoms with Gasteiger partial charge in [-0.1, -0.05) is 26.2 Å². The van der Waals surface area contributed by atoms with Crippen molar-refractivity contribution in [2.75, 3.05) is 14.2 Å². The zero-order valence-corrected chi connectivity index (χ0v) is 13.7. The molecule has 0 atom stereocenters. The molecule has 0 saturated heterocycles. The van der Waals surface area contributed by atoms with Crippen molar-refractivity contribution in [2.24, 2.45) is 7.05 Å². The van der Waals surface area contributed by atoms with Gasteiger partial charge in [0, 0.05) is 13.6 Å². The van der Waals surface area contributed by atoms with E-state index < -0.39 is 11.9 Å². The number of rotatable bonds is 8. The van der Waals surface area contributed by atoms with Crippen molar-refractivity contribution < 1.29 is 19.1 Å². The zero-order valence-electron chi connectivity index (χ0n) is 13.7. The minimum Gasteiger partial charge on any atom is -0.469 e. The van der Waals surface area contributed by atoms with Crippen molar-refractivity contribution in [2.45, 2.75) is 45.6 Å². The number of nitrogens with zero attached hydrogens (tertiary/aromatic N) is 2. The molecular formula is C15H24N2O5. The fraction of sp³-hybridized carbons (Fsp3) is 0.667. The van der Waals surface area contributed by atoms with Crippen molar-refractivity contribution >= 4 is 11.9 Å². The van der Waals surface area contributed by atoms with E-state index in [9.17, 15) is 14.4 Å². The molecule has 0 N–H and O–H groups in total. The van der Waals surface area contributed by atoms with Crippen LogP contribution < -0.4 is 5.69 Å². The smallest absolute Gasteiger partial charge is 0.356 e. The highest BCUT2D eigenvalue weighted by Crippen LogP contribution is 2.12. The minimum absolute atomic E-state index is 0.105. The normalized spacial score (nSPS) is 10.5. The molecule has 0 saturated carbocycles. The van der Waals surface area contributed by atoms with Gasteiger partial charge in [-0.15, -0.1) is 0 Å². The van der Waals surface area contributed by atoms with Gasteiger partial charge >= 0.3 is 17.6 Å². The summed E-state index contributed by atoms with van der Waals surface area (Å²) in [4.78, 5) is 35.8. The molecule has 124 valence electrons. The first-order valence-corrected chi connectivity index (χ1v) is 7.41. The van der Waals surface area contributed by atoms with Gasteiger partial charge < -0.3 is 9.47 Å². The second-order valence-corrected chi connectivity index (χ2v) is 5.09. The van der Waals surface area contributed by atoms with Crippen LogP contribution in [0.25, 0.3) is 0 Å². The lowest BCUT2D eigenvalue weighted by atomic mass is 10.2. The highest BCUT2D eigenvalue weighted by Gasteiger charge is 2.25. The van der Waals surface area contributed by atoms with Crippen molar-refractivity contribution in [3.8, 4) is 0 Å². The first kappa shape index (κ1) is 18.0. The molecule has 7 heteroatoms. The Labute approximate surface area is 129 Å². The van der Waals surface area contributed by atoms with Crippen LogP contribution in [0.2, 0.25) is 0 Å². The van der Waals surface area contributed by atoms with Crippen LogP contribution in [0.5, 0.6) is 0 Å². The molecule has 0 radical (unpaired) electrons. The third kappa shape index (κ3) is 3.99. The second kappa shape index (κ2) is 8.41. The van der Waals surface area contributed by atoms with E-state index in [0.717, 1.165) is 25.7 Å². The summed E-state index contributed by atoms with van der Waals surface area (Å²) in [5, 5.41) is 0. The molecule has 0 aliphatic rings. The number of hydrogen-bond acceptors (Lipinski definition) is 5. The summed E-state index contributed by atoms with van der Waals surface area (Å²) in [6, 6.07) is 0. The van der Waals surface area contributed by atoms with E-state index in [2.05, 4.69) is 11.7 Å². The van der Waals surface area contributed by atoms with Crippen LogP contribution in [-0.4, -0.2) is 35.3 Å². The second-order valence-electron chi connectivity index (χ2n) is 5.09. The lowest BCUT2D eigenvalue weighted by Gasteiger charge is -2.08. The molecule has 0 bridgehead atoms. The summed E-state index contributed by atoms with van der Waals surface area (Å²) >= 11 is 0. The first-order valence-electron chi connectivity index (χ1n) is 7.41. The Morgan fingerprint density at radius 2 is 1.77 bits per heavy atom. The van der Waals surface area contributed by atoms with Crippen LogP contribution in [0.4, 0.5) is 0 Å². The largest absolute Gasteiger partial charge is 0.469 e. The molecule has 0 amide bonds. The van der Waals surface area contributed by atoms with E-state index in [1.807, 2.05) is 0 Å². The number of hydrogen-bond donors (Lipinski definition) is 0. The zero-order chi connectivity index (χ0) is 16.7. The number of imidazole rings is 1. The van der Waals surface area contributed by atoms with Crippen molar-refractivity contribution in [3.63, 3.8) is 0 Å². The first-order chi connectivity index (χ1) is 10.5. The Bertz CT molecular complexity index is 585. The molecule has 0 aliphatic carbocycles. The Hall–Kier alpha value is -2.05. The number of methoxy groups -OCH3 is 2. The Balaban J connectivity index is 3.19.